The van der Waals surface area contributed by atoms with Crippen LogP contribution in [-0.4, -0.2) is 44.2 Å². The first-order valence-electron chi connectivity index (χ1n) is 7.07. The molecule has 0 unspecified atom stereocenters. The Morgan fingerprint density at radius 3 is 2.83 bits per heavy atom. The molecule has 0 bridgehead atoms. The molecule has 1 aromatic heterocycles. The van der Waals surface area contributed by atoms with Gasteiger partial charge in [-0.1, -0.05) is 0 Å². The molecule has 1 aromatic carbocycles. The molecule has 0 amide bonds. The topological polar surface area (TPSA) is 106 Å². The van der Waals surface area contributed by atoms with E-state index in [0.717, 1.165) is 10.2 Å². The highest BCUT2D eigenvalue weighted by Crippen LogP contribution is 2.31. The van der Waals surface area contributed by atoms with Gasteiger partial charge in [-0.3, -0.25) is 4.79 Å². The van der Waals surface area contributed by atoms with Crippen molar-refractivity contribution >= 4 is 37.5 Å². The van der Waals surface area contributed by atoms with Gasteiger partial charge in [0.25, 0.3) is 0 Å². The molecule has 124 valence electrons. The van der Waals surface area contributed by atoms with Gasteiger partial charge in [0.2, 0.25) is 10.0 Å². The number of aliphatic carboxylic acids is 1. The number of ether oxygens (including phenoxy) is 1. The molecule has 7 nitrogen and oxygen atoms in total. The normalized spacial score (nSPS) is 18.1. The fourth-order valence-corrected chi connectivity index (χ4v) is 4.49. The average Bonchev–Trinajstić information content (AvgIpc) is 3.01. The zero-order chi connectivity index (χ0) is 16.5. The molecule has 2 heterocycles. The SMILES string of the molecule is O=C(O)C1(CNS(=O)(=O)c2ccc3ncsc3c2)CCOCC1. The van der Waals surface area contributed by atoms with Crippen LogP contribution in [0.1, 0.15) is 12.8 Å². The summed E-state index contributed by atoms with van der Waals surface area (Å²) in [5.41, 5.74) is 1.27. The molecule has 1 aliphatic rings. The Hall–Kier alpha value is -1.55. The highest BCUT2D eigenvalue weighted by molar-refractivity contribution is 7.89. The predicted octanol–water partition coefficient (Wildman–Crippen LogP) is 1.46. The van der Waals surface area contributed by atoms with Crippen LogP contribution in [-0.2, 0) is 19.6 Å². The van der Waals surface area contributed by atoms with Crippen LogP contribution < -0.4 is 4.72 Å². The van der Waals surface area contributed by atoms with Gasteiger partial charge in [0, 0.05) is 19.8 Å². The minimum absolute atomic E-state index is 0.113. The lowest BCUT2D eigenvalue weighted by molar-refractivity contribution is -0.154. The maximum Gasteiger partial charge on any atom is 0.311 e. The van der Waals surface area contributed by atoms with E-state index in [0.29, 0.717) is 26.1 Å². The average molecular weight is 356 g/mol. The number of benzene rings is 1. The van der Waals surface area contributed by atoms with E-state index in [9.17, 15) is 18.3 Å². The second-order valence-electron chi connectivity index (χ2n) is 5.50. The van der Waals surface area contributed by atoms with E-state index in [-0.39, 0.29) is 11.4 Å². The lowest BCUT2D eigenvalue weighted by Gasteiger charge is -2.33. The first-order chi connectivity index (χ1) is 10.9. The van der Waals surface area contributed by atoms with Crippen LogP contribution in [0.5, 0.6) is 0 Å². The lowest BCUT2D eigenvalue weighted by Crippen LogP contribution is -2.46. The van der Waals surface area contributed by atoms with Crippen molar-refractivity contribution in [3.05, 3.63) is 23.7 Å². The molecule has 0 spiro atoms. The van der Waals surface area contributed by atoms with Gasteiger partial charge in [-0.25, -0.2) is 18.1 Å². The lowest BCUT2D eigenvalue weighted by atomic mass is 9.80. The number of rotatable bonds is 5. The molecule has 0 aliphatic carbocycles. The van der Waals surface area contributed by atoms with E-state index in [1.165, 1.54) is 17.4 Å². The summed E-state index contributed by atoms with van der Waals surface area (Å²) in [4.78, 5) is 15.8. The first-order valence-corrected chi connectivity index (χ1v) is 9.43. The van der Waals surface area contributed by atoms with Crippen molar-refractivity contribution in [2.24, 2.45) is 5.41 Å². The summed E-state index contributed by atoms with van der Waals surface area (Å²) in [6.45, 7) is 0.496. The summed E-state index contributed by atoms with van der Waals surface area (Å²) in [7, 11) is -3.78. The van der Waals surface area contributed by atoms with E-state index >= 15 is 0 Å². The molecule has 2 aromatic rings. The molecule has 0 atom stereocenters. The Kier molecular flexibility index (Phi) is 4.37. The van der Waals surface area contributed by atoms with Crippen LogP contribution in [0.3, 0.4) is 0 Å². The van der Waals surface area contributed by atoms with Crippen LogP contribution in [0.2, 0.25) is 0 Å². The second kappa shape index (κ2) is 6.16. The molecule has 3 rings (SSSR count). The van der Waals surface area contributed by atoms with Crippen molar-refractivity contribution in [2.75, 3.05) is 19.8 Å². The number of hydrogen-bond acceptors (Lipinski definition) is 6. The van der Waals surface area contributed by atoms with Gasteiger partial charge >= 0.3 is 5.97 Å². The molecule has 2 N–H and O–H groups in total. The summed E-state index contributed by atoms with van der Waals surface area (Å²) in [6, 6.07) is 4.66. The number of carboxylic acids is 1. The summed E-state index contributed by atoms with van der Waals surface area (Å²) >= 11 is 1.35. The summed E-state index contributed by atoms with van der Waals surface area (Å²) in [5, 5.41) is 9.47. The minimum Gasteiger partial charge on any atom is -0.481 e. The molecule has 1 aliphatic heterocycles. The minimum atomic E-state index is -3.78. The quantitative estimate of drug-likeness (QED) is 0.840. The zero-order valence-electron chi connectivity index (χ0n) is 12.2. The highest BCUT2D eigenvalue weighted by atomic mass is 32.2. The van der Waals surface area contributed by atoms with Crippen molar-refractivity contribution < 1.29 is 23.1 Å². The maximum atomic E-state index is 12.5. The Bertz CT molecular complexity index is 825. The number of sulfonamides is 1. The van der Waals surface area contributed by atoms with E-state index in [2.05, 4.69) is 9.71 Å². The van der Waals surface area contributed by atoms with Gasteiger partial charge in [-0.15, -0.1) is 11.3 Å². The van der Waals surface area contributed by atoms with Crippen molar-refractivity contribution in [2.45, 2.75) is 17.7 Å². The van der Waals surface area contributed by atoms with Crippen LogP contribution in [0.25, 0.3) is 10.2 Å². The fraction of sp³-hybridized carbons (Fsp3) is 0.429. The second-order valence-corrected chi connectivity index (χ2v) is 8.16. The fourth-order valence-electron chi connectivity index (χ4n) is 2.55. The number of fused-ring (bicyclic) bond motifs is 1. The molecule has 9 heteroatoms. The van der Waals surface area contributed by atoms with Crippen LogP contribution in [0.15, 0.2) is 28.6 Å². The Morgan fingerprint density at radius 1 is 1.39 bits per heavy atom. The van der Waals surface area contributed by atoms with Gasteiger partial charge in [0.05, 0.1) is 26.0 Å². The van der Waals surface area contributed by atoms with E-state index < -0.39 is 21.4 Å². The van der Waals surface area contributed by atoms with Crippen LogP contribution in [0, 0.1) is 5.41 Å². The Balaban J connectivity index is 1.81. The number of carbonyl (C=O) groups is 1. The van der Waals surface area contributed by atoms with Crippen LogP contribution >= 0.6 is 11.3 Å². The predicted molar refractivity (Wildman–Crippen MR) is 84.9 cm³/mol. The van der Waals surface area contributed by atoms with Gasteiger partial charge in [-0.05, 0) is 31.0 Å². The molecule has 1 fully saturated rings. The summed E-state index contributed by atoms with van der Waals surface area (Å²) < 4.78 is 33.3. The third-order valence-corrected chi connectivity index (χ3v) is 6.31. The maximum absolute atomic E-state index is 12.5. The number of thiazole rings is 1. The largest absolute Gasteiger partial charge is 0.481 e. The van der Waals surface area contributed by atoms with Gasteiger partial charge in [-0.2, -0.15) is 0 Å². The summed E-state index contributed by atoms with van der Waals surface area (Å²) in [6.07, 6.45) is 0.581. The zero-order valence-corrected chi connectivity index (χ0v) is 13.8. The standard InChI is InChI=1S/C14H16N2O5S2/c17-13(18)14(3-5-21-6-4-14)8-16-23(19,20)10-1-2-11-12(7-10)22-9-15-11/h1-2,7,9,16H,3-6,8H2,(H,17,18). The molecular weight excluding hydrogens is 340 g/mol. The Labute approximate surface area is 137 Å². The van der Waals surface area contributed by atoms with Crippen LogP contribution in [0.4, 0.5) is 0 Å². The van der Waals surface area contributed by atoms with Crippen molar-refractivity contribution in [1.82, 2.24) is 9.71 Å². The molecule has 1 saturated heterocycles. The number of nitrogens with one attached hydrogen (secondary N) is 1. The van der Waals surface area contributed by atoms with E-state index in [1.807, 2.05) is 0 Å². The monoisotopic (exact) mass is 356 g/mol. The van der Waals surface area contributed by atoms with Crippen molar-refractivity contribution in [1.29, 1.82) is 0 Å². The molecule has 0 saturated carbocycles. The third kappa shape index (κ3) is 3.23. The molecule has 0 radical (unpaired) electrons. The third-order valence-electron chi connectivity index (χ3n) is 4.12. The highest BCUT2D eigenvalue weighted by Gasteiger charge is 2.41. The van der Waals surface area contributed by atoms with Gasteiger partial charge < -0.3 is 9.84 Å². The van der Waals surface area contributed by atoms with Gasteiger partial charge in [0.15, 0.2) is 0 Å². The molecule has 23 heavy (non-hydrogen) atoms. The van der Waals surface area contributed by atoms with Crippen molar-refractivity contribution in [3.63, 3.8) is 0 Å². The number of nitrogens with zero attached hydrogens (tertiary/aromatic N) is 1. The summed E-state index contributed by atoms with van der Waals surface area (Å²) in [5.74, 6) is -0.999. The van der Waals surface area contributed by atoms with Gasteiger partial charge in [0.1, 0.15) is 0 Å². The van der Waals surface area contributed by atoms with E-state index in [1.54, 1.807) is 17.6 Å². The number of hydrogen-bond donors (Lipinski definition) is 2. The number of carboxylic acid groups (broad SMARTS) is 1. The molecular formula is C14H16N2O5S2. The number of aromatic nitrogens is 1. The smallest absolute Gasteiger partial charge is 0.311 e. The Morgan fingerprint density at radius 2 is 2.13 bits per heavy atom. The van der Waals surface area contributed by atoms with E-state index in [4.69, 9.17) is 4.74 Å². The first kappa shape index (κ1) is 16.3. The van der Waals surface area contributed by atoms with Crippen molar-refractivity contribution in [3.8, 4) is 0 Å².